The molecule has 0 aromatic rings. The summed E-state index contributed by atoms with van der Waals surface area (Å²) in [6, 6.07) is 0. The maximum absolute atomic E-state index is 10.1. The first-order valence-corrected chi connectivity index (χ1v) is 4.11. The molecule has 0 bridgehead atoms. The lowest BCUT2D eigenvalue weighted by Crippen LogP contribution is -2.52. The molecule has 1 aliphatic rings. The van der Waals surface area contributed by atoms with E-state index in [2.05, 4.69) is 18.7 Å². The van der Waals surface area contributed by atoms with Gasteiger partial charge in [0.15, 0.2) is 0 Å². The molecule has 1 rings (SSSR count). The van der Waals surface area contributed by atoms with Gasteiger partial charge in [-0.1, -0.05) is 19.9 Å². The molecule has 1 saturated heterocycles. The molecule has 0 spiro atoms. The molecule has 1 aliphatic heterocycles. The van der Waals surface area contributed by atoms with Crippen LogP contribution in [-0.4, -0.2) is 35.6 Å². The van der Waals surface area contributed by atoms with E-state index in [9.17, 15) is 4.79 Å². The van der Waals surface area contributed by atoms with Gasteiger partial charge in [0.05, 0.1) is 0 Å². The zero-order valence-electron chi connectivity index (χ0n) is 7.58. The third kappa shape index (κ3) is 2.66. The molecular formula is C9H15NO2. The zero-order valence-corrected chi connectivity index (χ0v) is 7.58. The van der Waals surface area contributed by atoms with Gasteiger partial charge in [-0.05, 0) is 5.41 Å². The maximum atomic E-state index is 10.1. The zero-order chi connectivity index (χ0) is 9.19. The summed E-state index contributed by atoms with van der Waals surface area (Å²) in [7, 11) is 0. The molecule has 3 heteroatoms. The Labute approximate surface area is 72.7 Å². The number of carboxylic acids is 1. The van der Waals surface area contributed by atoms with Crippen molar-refractivity contribution in [3.8, 4) is 0 Å². The van der Waals surface area contributed by atoms with Gasteiger partial charge in [-0.25, -0.2) is 4.79 Å². The molecule has 1 heterocycles. The molecule has 3 nitrogen and oxygen atoms in total. The van der Waals surface area contributed by atoms with E-state index >= 15 is 0 Å². The highest BCUT2D eigenvalue weighted by Gasteiger charge is 2.32. The normalized spacial score (nSPS) is 22.5. The van der Waals surface area contributed by atoms with E-state index in [1.807, 2.05) is 0 Å². The van der Waals surface area contributed by atoms with Crippen LogP contribution in [0.1, 0.15) is 13.8 Å². The largest absolute Gasteiger partial charge is 0.478 e. The number of aliphatic carboxylic acids is 1. The first kappa shape index (κ1) is 9.26. The second-order valence-electron chi connectivity index (χ2n) is 4.07. The van der Waals surface area contributed by atoms with Crippen molar-refractivity contribution in [2.75, 3.05) is 19.6 Å². The molecule has 68 valence electrons. The molecular weight excluding hydrogens is 154 g/mol. The Morgan fingerprint density at radius 1 is 1.58 bits per heavy atom. The average molecular weight is 169 g/mol. The van der Waals surface area contributed by atoms with Crippen LogP contribution in [0.25, 0.3) is 0 Å². The fraction of sp³-hybridized carbons (Fsp3) is 0.667. The minimum atomic E-state index is -0.866. The van der Waals surface area contributed by atoms with Gasteiger partial charge in [0, 0.05) is 25.7 Å². The fourth-order valence-corrected chi connectivity index (χ4v) is 1.60. The number of nitrogens with zero attached hydrogens (tertiary/aromatic N) is 1. The van der Waals surface area contributed by atoms with E-state index in [0.29, 0.717) is 5.41 Å². The SMILES string of the molecule is CC1(C)CN(CC=CC(=O)O)C1. The van der Waals surface area contributed by atoms with E-state index in [1.54, 1.807) is 6.08 Å². The van der Waals surface area contributed by atoms with E-state index in [0.717, 1.165) is 19.6 Å². The van der Waals surface area contributed by atoms with E-state index < -0.39 is 5.97 Å². The molecule has 1 fully saturated rings. The molecule has 0 atom stereocenters. The van der Waals surface area contributed by atoms with Crippen LogP contribution in [0.15, 0.2) is 12.2 Å². The van der Waals surface area contributed by atoms with Gasteiger partial charge in [-0.3, -0.25) is 4.90 Å². The van der Waals surface area contributed by atoms with Gasteiger partial charge in [0.1, 0.15) is 0 Å². The van der Waals surface area contributed by atoms with Crippen molar-refractivity contribution in [3.63, 3.8) is 0 Å². The Balaban J connectivity index is 2.16. The van der Waals surface area contributed by atoms with E-state index in [4.69, 9.17) is 5.11 Å². The number of hydrogen-bond acceptors (Lipinski definition) is 2. The predicted octanol–water partition coefficient (Wildman–Crippen LogP) is 0.969. The molecule has 0 amide bonds. The predicted molar refractivity (Wildman–Crippen MR) is 47.0 cm³/mol. The van der Waals surface area contributed by atoms with Gasteiger partial charge in [0.25, 0.3) is 0 Å². The summed E-state index contributed by atoms with van der Waals surface area (Å²) in [5.41, 5.74) is 0.428. The van der Waals surface area contributed by atoms with Crippen molar-refractivity contribution in [1.82, 2.24) is 4.90 Å². The molecule has 0 aromatic carbocycles. The van der Waals surface area contributed by atoms with Gasteiger partial charge in [-0.15, -0.1) is 0 Å². The summed E-state index contributed by atoms with van der Waals surface area (Å²) in [5.74, 6) is -0.866. The van der Waals surface area contributed by atoms with Crippen LogP contribution in [-0.2, 0) is 4.79 Å². The third-order valence-electron chi connectivity index (χ3n) is 1.93. The Hall–Kier alpha value is -0.830. The number of likely N-dealkylation sites (tertiary alicyclic amines) is 1. The lowest BCUT2D eigenvalue weighted by Gasteiger charge is -2.45. The Bertz CT molecular complexity index is 201. The number of hydrogen-bond donors (Lipinski definition) is 1. The van der Waals surface area contributed by atoms with Crippen LogP contribution < -0.4 is 0 Å². The second kappa shape index (κ2) is 3.27. The number of carbonyl (C=O) groups is 1. The Kier molecular flexibility index (Phi) is 2.52. The highest BCUT2D eigenvalue weighted by Crippen LogP contribution is 2.27. The average Bonchev–Trinajstić information content (AvgIpc) is 1.82. The first-order valence-electron chi connectivity index (χ1n) is 4.11. The number of carboxylic acid groups (broad SMARTS) is 1. The molecule has 1 N–H and O–H groups in total. The second-order valence-corrected chi connectivity index (χ2v) is 4.07. The summed E-state index contributed by atoms with van der Waals surface area (Å²) >= 11 is 0. The summed E-state index contributed by atoms with van der Waals surface area (Å²) in [5, 5.41) is 8.31. The number of rotatable bonds is 3. The quantitative estimate of drug-likeness (QED) is 0.640. The molecule has 0 saturated carbocycles. The van der Waals surface area contributed by atoms with Gasteiger partial charge in [-0.2, -0.15) is 0 Å². The van der Waals surface area contributed by atoms with Crippen molar-refractivity contribution < 1.29 is 9.90 Å². The van der Waals surface area contributed by atoms with Gasteiger partial charge >= 0.3 is 5.97 Å². The maximum Gasteiger partial charge on any atom is 0.328 e. The van der Waals surface area contributed by atoms with Gasteiger partial charge < -0.3 is 5.11 Å². The highest BCUT2D eigenvalue weighted by molar-refractivity contribution is 5.79. The molecule has 0 aromatic heterocycles. The topological polar surface area (TPSA) is 40.5 Å². The molecule has 0 aliphatic carbocycles. The Morgan fingerprint density at radius 2 is 2.17 bits per heavy atom. The minimum Gasteiger partial charge on any atom is -0.478 e. The van der Waals surface area contributed by atoms with Crippen LogP contribution in [0.3, 0.4) is 0 Å². The van der Waals surface area contributed by atoms with Crippen LogP contribution in [0, 0.1) is 5.41 Å². The van der Waals surface area contributed by atoms with Crippen molar-refractivity contribution in [2.45, 2.75) is 13.8 Å². The van der Waals surface area contributed by atoms with Crippen LogP contribution in [0.4, 0.5) is 0 Å². The van der Waals surface area contributed by atoms with E-state index in [-0.39, 0.29) is 0 Å². The lowest BCUT2D eigenvalue weighted by molar-refractivity contribution is -0.131. The molecule has 0 unspecified atom stereocenters. The third-order valence-corrected chi connectivity index (χ3v) is 1.93. The van der Waals surface area contributed by atoms with E-state index in [1.165, 1.54) is 6.08 Å². The van der Waals surface area contributed by atoms with Crippen LogP contribution in [0.5, 0.6) is 0 Å². The van der Waals surface area contributed by atoms with Gasteiger partial charge in [0.2, 0.25) is 0 Å². The lowest BCUT2D eigenvalue weighted by atomic mass is 9.84. The fourth-order valence-electron chi connectivity index (χ4n) is 1.60. The van der Waals surface area contributed by atoms with Crippen LogP contribution in [0.2, 0.25) is 0 Å². The van der Waals surface area contributed by atoms with Crippen LogP contribution >= 0.6 is 0 Å². The summed E-state index contributed by atoms with van der Waals surface area (Å²) in [4.78, 5) is 12.3. The Morgan fingerprint density at radius 3 is 2.58 bits per heavy atom. The standard InChI is InChI=1S/C9H15NO2/c1-9(2)6-10(7-9)5-3-4-8(11)12/h3-4H,5-7H2,1-2H3,(H,11,12). The smallest absolute Gasteiger partial charge is 0.328 e. The minimum absolute atomic E-state index is 0.428. The highest BCUT2D eigenvalue weighted by atomic mass is 16.4. The summed E-state index contributed by atoms with van der Waals surface area (Å²) in [6.45, 7) is 7.32. The summed E-state index contributed by atoms with van der Waals surface area (Å²) < 4.78 is 0. The van der Waals surface area contributed by atoms with Crippen molar-refractivity contribution >= 4 is 5.97 Å². The molecule has 12 heavy (non-hydrogen) atoms. The van der Waals surface area contributed by atoms with Crippen molar-refractivity contribution in [2.24, 2.45) is 5.41 Å². The summed E-state index contributed by atoms with van der Waals surface area (Å²) in [6.07, 6.45) is 2.89. The monoisotopic (exact) mass is 169 g/mol. The van der Waals surface area contributed by atoms with Crippen molar-refractivity contribution in [3.05, 3.63) is 12.2 Å². The molecule has 0 radical (unpaired) electrons. The van der Waals surface area contributed by atoms with Crippen molar-refractivity contribution in [1.29, 1.82) is 0 Å². The first-order chi connectivity index (χ1) is 5.49.